The van der Waals surface area contributed by atoms with Crippen LogP contribution >= 0.6 is 0 Å². The van der Waals surface area contributed by atoms with Gasteiger partial charge in [-0.2, -0.15) is 5.10 Å². The zero-order valence-corrected chi connectivity index (χ0v) is 10.6. The van der Waals surface area contributed by atoms with Crippen molar-refractivity contribution in [2.24, 2.45) is 0 Å². The van der Waals surface area contributed by atoms with E-state index in [-0.39, 0.29) is 6.61 Å². The van der Waals surface area contributed by atoms with E-state index in [0.717, 1.165) is 31.9 Å². The van der Waals surface area contributed by atoms with Crippen LogP contribution in [-0.4, -0.2) is 45.6 Å². The van der Waals surface area contributed by atoms with E-state index in [1.807, 2.05) is 6.92 Å². The molecule has 17 heavy (non-hydrogen) atoms. The van der Waals surface area contributed by atoms with Gasteiger partial charge in [-0.15, -0.1) is 0 Å². The normalized spacial score (nSPS) is 20.5. The van der Waals surface area contributed by atoms with E-state index in [2.05, 4.69) is 27.7 Å². The maximum atomic E-state index is 9.02. The van der Waals surface area contributed by atoms with Crippen molar-refractivity contribution in [2.75, 3.05) is 19.8 Å². The first-order chi connectivity index (χ1) is 8.24. The van der Waals surface area contributed by atoms with Gasteiger partial charge < -0.3 is 9.84 Å². The smallest absolute Gasteiger partial charge is 0.0906 e. The minimum absolute atomic E-state index is 0.213. The van der Waals surface area contributed by atoms with Crippen LogP contribution < -0.4 is 0 Å². The van der Waals surface area contributed by atoms with Crippen LogP contribution in [-0.2, 0) is 24.4 Å². The Morgan fingerprint density at radius 3 is 3.12 bits per heavy atom. The molecule has 5 heteroatoms. The molecular formula is C12H21N3O2. The number of hydrogen-bond acceptors (Lipinski definition) is 4. The molecule has 0 aromatic carbocycles. The molecule has 0 aliphatic carbocycles. The highest BCUT2D eigenvalue weighted by atomic mass is 16.5. The van der Waals surface area contributed by atoms with E-state index < -0.39 is 0 Å². The third kappa shape index (κ3) is 2.86. The summed E-state index contributed by atoms with van der Waals surface area (Å²) in [7, 11) is 0. The molecule has 1 atom stereocenters. The minimum atomic E-state index is 0.213. The lowest BCUT2D eigenvalue weighted by Gasteiger charge is -2.33. The number of hydrogen-bond donors (Lipinski definition) is 1. The molecule has 0 saturated carbocycles. The van der Waals surface area contributed by atoms with Gasteiger partial charge in [0.15, 0.2) is 0 Å². The van der Waals surface area contributed by atoms with Gasteiger partial charge in [0.05, 0.1) is 31.1 Å². The summed E-state index contributed by atoms with van der Waals surface area (Å²) >= 11 is 0. The Bertz CT molecular complexity index is 365. The molecule has 0 amide bonds. The standard InChI is InChI=1S/C12H21N3O2/c1-3-17-9-11-6-12-8-14(4-5-16)10(2)7-15(12)13-11/h6,10,16H,3-5,7-9H2,1-2H3/t10-/m1/s1. The van der Waals surface area contributed by atoms with Crippen LogP contribution in [0.4, 0.5) is 0 Å². The van der Waals surface area contributed by atoms with Crippen LogP contribution in [0.25, 0.3) is 0 Å². The summed E-state index contributed by atoms with van der Waals surface area (Å²) in [6.45, 7) is 8.16. The second-order valence-corrected chi connectivity index (χ2v) is 4.49. The van der Waals surface area contributed by atoms with Gasteiger partial charge in [0.1, 0.15) is 0 Å². The van der Waals surface area contributed by atoms with Crippen molar-refractivity contribution in [3.63, 3.8) is 0 Å². The summed E-state index contributed by atoms with van der Waals surface area (Å²) in [6, 6.07) is 2.53. The maximum Gasteiger partial charge on any atom is 0.0906 e. The summed E-state index contributed by atoms with van der Waals surface area (Å²) in [6.07, 6.45) is 0. The molecule has 1 aliphatic heterocycles. The van der Waals surface area contributed by atoms with Crippen LogP contribution in [0.5, 0.6) is 0 Å². The molecule has 2 heterocycles. The van der Waals surface area contributed by atoms with Crippen LogP contribution in [0.2, 0.25) is 0 Å². The first-order valence-corrected chi connectivity index (χ1v) is 6.22. The molecule has 0 radical (unpaired) electrons. The fourth-order valence-electron chi connectivity index (χ4n) is 2.24. The summed E-state index contributed by atoms with van der Waals surface area (Å²) < 4.78 is 7.43. The van der Waals surface area contributed by atoms with E-state index in [4.69, 9.17) is 9.84 Å². The molecule has 1 N–H and O–H groups in total. The molecule has 0 saturated heterocycles. The summed E-state index contributed by atoms with van der Waals surface area (Å²) in [5, 5.41) is 13.6. The monoisotopic (exact) mass is 239 g/mol. The highest BCUT2D eigenvalue weighted by Gasteiger charge is 2.23. The lowest BCUT2D eigenvalue weighted by Crippen LogP contribution is -2.42. The Morgan fingerprint density at radius 2 is 2.41 bits per heavy atom. The van der Waals surface area contributed by atoms with Crippen LogP contribution in [0.15, 0.2) is 6.07 Å². The van der Waals surface area contributed by atoms with E-state index in [1.165, 1.54) is 5.69 Å². The first kappa shape index (κ1) is 12.5. The number of aliphatic hydroxyl groups is 1. The van der Waals surface area contributed by atoms with Crippen molar-refractivity contribution in [3.05, 3.63) is 17.5 Å². The quantitative estimate of drug-likeness (QED) is 0.818. The fraction of sp³-hybridized carbons (Fsp3) is 0.750. The van der Waals surface area contributed by atoms with Crippen molar-refractivity contribution in [2.45, 2.75) is 39.6 Å². The van der Waals surface area contributed by atoms with Gasteiger partial charge in [0.2, 0.25) is 0 Å². The third-order valence-corrected chi connectivity index (χ3v) is 3.18. The van der Waals surface area contributed by atoms with Crippen LogP contribution in [0.3, 0.4) is 0 Å². The van der Waals surface area contributed by atoms with Gasteiger partial charge in [-0.05, 0) is 19.9 Å². The molecule has 2 rings (SSSR count). The number of aromatic nitrogens is 2. The number of aliphatic hydroxyl groups excluding tert-OH is 1. The molecule has 0 fully saturated rings. The van der Waals surface area contributed by atoms with Crippen LogP contribution in [0, 0.1) is 0 Å². The molecule has 0 bridgehead atoms. The minimum Gasteiger partial charge on any atom is -0.395 e. The molecule has 0 spiro atoms. The predicted octanol–water partition coefficient (Wildman–Crippen LogP) is 0.616. The summed E-state index contributed by atoms with van der Waals surface area (Å²) in [5.41, 5.74) is 2.21. The van der Waals surface area contributed by atoms with Gasteiger partial charge in [-0.1, -0.05) is 0 Å². The van der Waals surface area contributed by atoms with E-state index in [9.17, 15) is 0 Å². The molecule has 1 aromatic rings. The highest BCUT2D eigenvalue weighted by Crippen LogP contribution is 2.18. The topological polar surface area (TPSA) is 50.5 Å². The Kier molecular flexibility index (Phi) is 4.15. The molecular weight excluding hydrogens is 218 g/mol. The second-order valence-electron chi connectivity index (χ2n) is 4.49. The van der Waals surface area contributed by atoms with Crippen molar-refractivity contribution >= 4 is 0 Å². The number of rotatable bonds is 5. The van der Waals surface area contributed by atoms with Gasteiger partial charge in [0.25, 0.3) is 0 Å². The lowest BCUT2D eigenvalue weighted by molar-refractivity contribution is 0.113. The van der Waals surface area contributed by atoms with Crippen molar-refractivity contribution in [1.29, 1.82) is 0 Å². The maximum absolute atomic E-state index is 9.02. The van der Waals surface area contributed by atoms with Crippen molar-refractivity contribution in [3.8, 4) is 0 Å². The zero-order valence-electron chi connectivity index (χ0n) is 10.6. The fourth-order valence-corrected chi connectivity index (χ4v) is 2.24. The lowest BCUT2D eigenvalue weighted by atomic mass is 10.2. The van der Waals surface area contributed by atoms with Gasteiger partial charge in [-0.3, -0.25) is 9.58 Å². The average molecular weight is 239 g/mol. The number of fused-ring (bicyclic) bond motifs is 1. The average Bonchev–Trinajstić information content (AvgIpc) is 2.69. The molecule has 1 aromatic heterocycles. The van der Waals surface area contributed by atoms with Gasteiger partial charge >= 0.3 is 0 Å². The number of β-amino-alcohol motifs (C(OH)–C–C–N with tert-alkyl or cyclic N) is 1. The molecule has 1 aliphatic rings. The van der Waals surface area contributed by atoms with E-state index >= 15 is 0 Å². The summed E-state index contributed by atoms with van der Waals surface area (Å²) in [4.78, 5) is 2.28. The SMILES string of the molecule is CCOCc1cc2n(n1)C[C@@H](C)N(CCO)C2. The largest absolute Gasteiger partial charge is 0.395 e. The summed E-state index contributed by atoms with van der Waals surface area (Å²) in [5.74, 6) is 0. The molecule has 0 unspecified atom stereocenters. The molecule has 5 nitrogen and oxygen atoms in total. The first-order valence-electron chi connectivity index (χ1n) is 6.22. The Morgan fingerprint density at radius 1 is 1.59 bits per heavy atom. The highest BCUT2D eigenvalue weighted by molar-refractivity contribution is 5.12. The third-order valence-electron chi connectivity index (χ3n) is 3.18. The molecule has 96 valence electrons. The van der Waals surface area contributed by atoms with Gasteiger partial charge in [-0.25, -0.2) is 0 Å². The number of ether oxygens (including phenoxy) is 1. The zero-order chi connectivity index (χ0) is 12.3. The Labute approximate surface area is 102 Å². The van der Waals surface area contributed by atoms with E-state index in [0.29, 0.717) is 12.6 Å². The van der Waals surface area contributed by atoms with Crippen molar-refractivity contribution < 1.29 is 9.84 Å². The second kappa shape index (κ2) is 5.62. The number of nitrogens with zero attached hydrogens (tertiary/aromatic N) is 3. The predicted molar refractivity (Wildman–Crippen MR) is 64.5 cm³/mol. The Balaban J connectivity index is 2.06. The Hall–Kier alpha value is -0.910. The van der Waals surface area contributed by atoms with E-state index in [1.54, 1.807) is 0 Å². The van der Waals surface area contributed by atoms with Gasteiger partial charge in [0, 0.05) is 25.7 Å². The van der Waals surface area contributed by atoms with Crippen molar-refractivity contribution in [1.82, 2.24) is 14.7 Å². The van der Waals surface area contributed by atoms with Crippen LogP contribution in [0.1, 0.15) is 25.2 Å².